The smallest absolute Gasteiger partial charge is 0.188 e. The lowest BCUT2D eigenvalue weighted by atomic mass is 10.4. The first-order valence-corrected chi connectivity index (χ1v) is 5.42. The predicted molar refractivity (Wildman–Crippen MR) is 57.9 cm³/mol. The van der Waals surface area contributed by atoms with Gasteiger partial charge in [0.05, 0.1) is 0 Å². The van der Waals surface area contributed by atoms with Gasteiger partial charge in [0.15, 0.2) is 5.01 Å². The second-order valence-electron chi connectivity index (χ2n) is 3.29. The molecule has 0 atom stereocenters. The lowest BCUT2D eigenvalue weighted by Crippen LogP contribution is -2.35. The zero-order valence-corrected chi connectivity index (χ0v) is 9.43. The van der Waals surface area contributed by atoms with Crippen LogP contribution in [0.4, 0.5) is 0 Å². The van der Waals surface area contributed by atoms with Gasteiger partial charge in [-0.05, 0) is 24.9 Å². The Hall–Kier alpha value is -1.22. The second-order valence-corrected chi connectivity index (χ2v) is 4.69. The molecule has 0 saturated heterocycles. The van der Waals surface area contributed by atoms with E-state index < -0.39 is 0 Å². The van der Waals surface area contributed by atoms with Crippen LogP contribution < -0.4 is 4.57 Å². The molecule has 72 valence electrons. The molecule has 0 unspecified atom stereocenters. The van der Waals surface area contributed by atoms with E-state index in [4.69, 9.17) is 0 Å². The first kappa shape index (κ1) is 9.34. The minimum atomic E-state index is 1.01. The highest BCUT2D eigenvalue weighted by Crippen LogP contribution is 2.15. The summed E-state index contributed by atoms with van der Waals surface area (Å²) in [5, 5.41) is 1.28. The van der Waals surface area contributed by atoms with Crippen molar-refractivity contribution < 1.29 is 4.57 Å². The Morgan fingerprint density at radius 1 is 1.21 bits per heavy atom. The molecule has 0 aliphatic heterocycles. The summed E-state index contributed by atoms with van der Waals surface area (Å²) in [6.45, 7) is 6.40. The van der Waals surface area contributed by atoms with Crippen molar-refractivity contribution in [2.75, 3.05) is 0 Å². The Bertz CT molecular complexity index is 446. The summed E-state index contributed by atoms with van der Waals surface area (Å²) in [6.07, 6.45) is 1.83. The molecule has 0 aromatic carbocycles. The average molecular weight is 205 g/mol. The Kier molecular flexibility index (Phi) is 2.33. The van der Waals surface area contributed by atoms with Gasteiger partial charge >= 0.3 is 5.82 Å². The minimum Gasteiger partial charge on any atom is -0.188 e. The highest BCUT2D eigenvalue weighted by Gasteiger charge is 2.17. The summed E-state index contributed by atoms with van der Waals surface area (Å²) in [7, 11) is 0. The molecule has 0 spiro atoms. The predicted octanol–water partition coefficient (Wildman–Crippen LogP) is 2.35. The van der Waals surface area contributed by atoms with Crippen molar-refractivity contribution in [3.63, 3.8) is 0 Å². The van der Waals surface area contributed by atoms with E-state index in [2.05, 4.69) is 30.3 Å². The monoisotopic (exact) mass is 205 g/mol. The highest BCUT2D eigenvalue weighted by molar-refractivity contribution is 7.11. The van der Waals surface area contributed by atoms with Crippen LogP contribution in [0, 0.1) is 20.8 Å². The van der Waals surface area contributed by atoms with Crippen LogP contribution in [0.1, 0.15) is 15.6 Å². The summed E-state index contributed by atoms with van der Waals surface area (Å²) in [6, 6.07) is 5.99. The molecule has 0 fully saturated rings. The van der Waals surface area contributed by atoms with Gasteiger partial charge in [-0.25, -0.2) is 0 Å². The van der Waals surface area contributed by atoms with Gasteiger partial charge < -0.3 is 0 Å². The summed E-state index contributed by atoms with van der Waals surface area (Å²) in [5.41, 5.74) is 1.28. The maximum Gasteiger partial charge on any atom is 0.328 e. The molecular weight excluding hydrogens is 192 g/mol. The summed E-state index contributed by atoms with van der Waals surface area (Å²) in [5.74, 6) is 1.01. The third kappa shape index (κ3) is 1.44. The van der Waals surface area contributed by atoms with Crippen molar-refractivity contribution in [2.24, 2.45) is 0 Å². The minimum absolute atomic E-state index is 1.01. The van der Waals surface area contributed by atoms with Gasteiger partial charge in [0.2, 0.25) is 0 Å². The normalized spacial score (nSPS) is 10.5. The number of hydrogen-bond acceptors (Lipinski definition) is 2. The molecule has 2 nitrogen and oxygen atoms in total. The molecule has 0 radical (unpaired) electrons. The Morgan fingerprint density at radius 3 is 2.50 bits per heavy atom. The van der Waals surface area contributed by atoms with Gasteiger partial charge in [-0.15, -0.1) is 0 Å². The number of aromatic nitrogens is 2. The molecule has 0 saturated carbocycles. The third-order valence-electron chi connectivity index (χ3n) is 2.34. The Morgan fingerprint density at radius 2 is 2.00 bits per heavy atom. The van der Waals surface area contributed by atoms with Crippen molar-refractivity contribution in [1.29, 1.82) is 0 Å². The number of pyridine rings is 1. The molecule has 0 N–H and O–H groups in total. The van der Waals surface area contributed by atoms with Crippen LogP contribution in [0.15, 0.2) is 24.4 Å². The molecule has 0 aliphatic rings. The van der Waals surface area contributed by atoms with Gasteiger partial charge in [0.25, 0.3) is 0 Å². The topological polar surface area (TPSA) is 16.8 Å². The molecule has 0 aliphatic carbocycles. The van der Waals surface area contributed by atoms with Gasteiger partial charge in [0, 0.05) is 17.9 Å². The van der Waals surface area contributed by atoms with E-state index in [-0.39, 0.29) is 0 Å². The summed E-state index contributed by atoms with van der Waals surface area (Å²) in [4.78, 5) is 5.71. The zero-order valence-electron chi connectivity index (χ0n) is 8.61. The van der Waals surface area contributed by atoms with E-state index in [1.807, 2.05) is 35.7 Å². The standard InChI is InChI=1S/C11H13N2S/c1-8-9(2)14-10(3)13(8)11-6-4-5-7-12-11/h4-7H,1-3H3/q+1. The molecule has 14 heavy (non-hydrogen) atoms. The van der Waals surface area contributed by atoms with E-state index in [1.165, 1.54) is 15.6 Å². The molecule has 3 heteroatoms. The van der Waals surface area contributed by atoms with Crippen LogP contribution in [0.2, 0.25) is 0 Å². The van der Waals surface area contributed by atoms with Crippen molar-refractivity contribution in [1.82, 2.24) is 4.98 Å². The SMILES string of the molecule is Cc1sc(C)[n+](-c2ccccn2)c1C. The van der Waals surface area contributed by atoms with E-state index in [0.717, 1.165) is 5.82 Å². The fourth-order valence-electron chi connectivity index (χ4n) is 1.55. The third-order valence-corrected chi connectivity index (χ3v) is 3.42. The lowest BCUT2D eigenvalue weighted by Gasteiger charge is -1.95. The zero-order chi connectivity index (χ0) is 10.1. The van der Waals surface area contributed by atoms with Crippen LogP contribution >= 0.6 is 11.3 Å². The van der Waals surface area contributed by atoms with Crippen molar-refractivity contribution in [2.45, 2.75) is 20.8 Å². The average Bonchev–Trinajstić information content (AvgIpc) is 2.43. The van der Waals surface area contributed by atoms with Crippen LogP contribution in [0.3, 0.4) is 0 Å². The molecule has 2 rings (SSSR count). The van der Waals surface area contributed by atoms with E-state index in [0.29, 0.717) is 0 Å². The van der Waals surface area contributed by atoms with E-state index in [1.54, 1.807) is 0 Å². The Labute approximate surface area is 87.9 Å². The van der Waals surface area contributed by atoms with E-state index >= 15 is 0 Å². The molecule has 2 aromatic rings. The number of aryl methyl sites for hydroxylation is 2. The van der Waals surface area contributed by atoms with E-state index in [9.17, 15) is 0 Å². The first-order valence-electron chi connectivity index (χ1n) is 4.60. The lowest BCUT2D eigenvalue weighted by molar-refractivity contribution is -0.607. The van der Waals surface area contributed by atoms with Crippen molar-refractivity contribution in [3.05, 3.63) is 40.0 Å². The Balaban J connectivity index is 2.62. The fraction of sp³-hybridized carbons (Fsp3) is 0.273. The van der Waals surface area contributed by atoms with Gasteiger partial charge in [-0.1, -0.05) is 17.4 Å². The summed E-state index contributed by atoms with van der Waals surface area (Å²) >= 11 is 1.81. The number of thiazole rings is 1. The molecule has 2 aromatic heterocycles. The van der Waals surface area contributed by atoms with Gasteiger partial charge in [0.1, 0.15) is 11.9 Å². The van der Waals surface area contributed by atoms with Crippen molar-refractivity contribution in [3.8, 4) is 5.82 Å². The molecule has 0 bridgehead atoms. The largest absolute Gasteiger partial charge is 0.328 e. The summed E-state index contributed by atoms with van der Waals surface area (Å²) < 4.78 is 2.19. The van der Waals surface area contributed by atoms with Gasteiger partial charge in [-0.2, -0.15) is 4.57 Å². The molecule has 2 heterocycles. The van der Waals surface area contributed by atoms with Crippen LogP contribution in [-0.4, -0.2) is 4.98 Å². The molecular formula is C11H13N2S+. The molecule has 0 amide bonds. The fourth-order valence-corrected chi connectivity index (χ4v) is 2.56. The number of rotatable bonds is 1. The van der Waals surface area contributed by atoms with Crippen molar-refractivity contribution >= 4 is 11.3 Å². The number of nitrogens with zero attached hydrogens (tertiary/aromatic N) is 2. The van der Waals surface area contributed by atoms with Gasteiger partial charge in [-0.3, -0.25) is 0 Å². The maximum absolute atomic E-state index is 4.35. The van der Waals surface area contributed by atoms with Crippen LogP contribution in [0.25, 0.3) is 5.82 Å². The van der Waals surface area contributed by atoms with Crippen LogP contribution in [0.5, 0.6) is 0 Å². The highest BCUT2D eigenvalue weighted by atomic mass is 32.1. The maximum atomic E-state index is 4.35. The quantitative estimate of drug-likeness (QED) is 0.653. The van der Waals surface area contributed by atoms with Crippen LogP contribution in [-0.2, 0) is 0 Å². The first-order chi connectivity index (χ1) is 6.70. The second kappa shape index (κ2) is 3.50. The number of hydrogen-bond donors (Lipinski definition) is 0.